The Balaban J connectivity index is -0.000000441. The summed E-state index contributed by atoms with van der Waals surface area (Å²) in [6, 6.07) is 0. The smallest absolute Gasteiger partial charge is 0.00368 e. The molecular weight excluding hydrogens is 438 g/mol. The summed E-state index contributed by atoms with van der Waals surface area (Å²) in [4.78, 5) is 0. The van der Waals surface area contributed by atoms with Crippen LogP contribution in [0.3, 0.4) is 0 Å². The zero-order chi connectivity index (χ0) is 17.9. The van der Waals surface area contributed by atoms with Crippen molar-refractivity contribution in [3.05, 3.63) is 0 Å². The van der Waals surface area contributed by atoms with Gasteiger partial charge in [0.1, 0.15) is 0 Å². The van der Waals surface area contributed by atoms with Crippen LogP contribution >= 0.6 is 49.6 Å². The Morgan fingerprint density at radius 2 is 0.643 bits per heavy atom. The van der Waals surface area contributed by atoms with Crippen LogP contribution in [0.15, 0.2) is 0 Å². The lowest BCUT2D eigenvalue weighted by Crippen LogP contribution is -2.25. The number of halogens is 4. The van der Waals surface area contributed by atoms with E-state index in [0.29, 0.717) is 0 Å². The van der Waals surface area contributed by atoms with E-state index in [4.69, 9.17) is 0 Å². The maximum atomic E-state index is 3.54. The molecule has 0 aliphatic heterocycles. The molecule has 0 radical (unpaired) electrons. The molecule has 0 aliphatic rings. The van der Waals surface area contributed by atoms with E-state index in [1.807, 2.05) is 0 Å². The van der Waals surface area contributed by atoms with E-state index >= 15 is 0 Å². The van der Waals surface area contributed by atoms with Crippen LogP contribution in [-0.2, 0) is 0 Å². The van der Waals surface area contributed by atoms with E-state index in [9.17, 15) is 0 Å². The Morgan fingerprint density at radius 1 is 0.393 bits per heavy atom. The molecule has 8 heteroatoms. The molecule has 0 amide bonds. The molecule has 0 saturated carbocycles. The Hall–Kier alpha value is 1.00. The summed E-state index contributed by atoms with van der Waals surface area (Å²) in [5.41, 5.74) is 0. The van der Waals surface area contributed by atoms with E-state index in [0.717, 1.165) is 64.2 Å². The molecule has 178 valence electrons. The quantitative estimate of drug-likeness (QED) is 0.200. The minimum absolute atomic E-state index is 0. The average molecular weight is 488 g/mol. The fraction of sp³-hybridized carbons (Fsp3) is 1.00. The molecule has 0 aromatic carbocycles. The van der Waals surface area contributed by atoms with E-state index in [-0.39, 0.29) is 49.6 Å². The predicted octanol–water partition coefficient (Wildman–Crippen LogP) is 4.68. The van der Waals surface area contributed by atoms with Crippen molar-refractivity contribution >= 4 is 49.6 Å². The van der Waals surface area contributed by atoms with Crippen LogP contribution in [0.5, 0.6) is 0 Å². The second kappa shape index (κ2) is 32.7. The number of hydrogen-bond donors (Lipinski definition) is 4. The summed E-state index contributed by atoms with van der Waals surface area (Å²) in [5.74, 6) is 1.62. The van der Waals surface area contributed by atoms with Crippen molar-refractivity contribution in [1.29, 1.82) is 0 Å². The first-order valence-corrected chi connectivity index (χ1v) is 10.5. The van der Waals surface area contributed by atoms with Crippen LogP contribution in [-0.4, -0.2) is 52.4 Å². The first kappa shape index (κ1) is 39.5. The summed E-state index contributed by atoms with van der Waals surface area (Å²) < 4.78 is 0. The lowest BCUT2D eigenvalue weighted by Gasteiger charge is -2.09. The molecule has 0 fully saturated rings. The Bertz CT molecular complexity index is 224. The SMILES string of the molecule is CC(C)CCNCCCNCCCCNCCCNCCC(C)C.Cl.Cl.Cl.Cl. The Labute approximate surface area is 200 Å². The molecule has 0 spiro atoms. The van der Waals surface area contributed by atoms with Crippen LogP contribution in [0.1, 0.15) is 66.2 Å². The summed E-state index contributed by atoms with van der Waals surface area (Å²) in [5, 5.41) is 14.1. The molecule has 0 aliphatic carbocycles. The van der Waals surface area contributed by atoms with Crippen molar-refractivity contribution in [1.82, 2.24) is 21.3 Å². The van der Waals surface area contributed by atoms with E-state index < -0.39 is 0 Å². The van der Waals surface area contributed by atoms with Crippen LogP contribution in [0.25, 0.3) is 0 Å². The largest absolute Gasteiger partial charge is 0.317 e. The molecule has 0 unspecified atom stereocenters. The van der Waals surface area contributed by atoms with Crippen molar-refractivity contribution in [3.63, 3.8) is 0 Å². The molecule has 4 nitrogen and oxygen atoms in total. The van der Waals surface area contributed by atoms with Gasteiger partial charge in [0.05, 0.1) is 0 Å². The molecule has 0 rings (SSSR count). The maximum absolute atomic E-state index is 3.54. The molecule has 0 atom stereocenters. The fourth-order valence-corrected chi connectivity index (χ4v) is 2.46. The third kappa shape index (κ3) is 37.7. The van der Waals surface area contributed by atoms with Gasteiger partial charge in [-0.2, -0.15) is 0 Å². The highest BCUT2D eigenvalue weighted by molar-refractivity contribution is 5.86. The molecule has 0 heterocycles. The summed E-state index contributed by atoms with van der Waals surface area (Å²) >= 11 is 0. The lowest BCUT2D eigenvalue weighted by molar-refractivity contribution is 0.513. The zero-order valence-electron chi connectivity index (χ0n) is 18.7. The van der Waals surface area contributed by atoms with E-state index in [1.54, 1.807) is 0 Å². The number of nitrogens with one attached hydrogen (secondary N) is 4. The Kier molecular flexibility index (Phi) is 46.0. The first-order chi connectivity index (χ1) is 11.6. The van der Waals surface area contributed by atoms with Gasteiger partial charge in [-0.05, 0) is 103 Å². The first-order valence-electron chi connectivity index (χ1n) is 10.5. The predicted molar refractivity (Wildman–Crippen MR) is 138 cm³/mol. The van der Waals surface area contributed by atoms with Crippen molar-refractivity contribution in [2.75, 3.05) is 52.4 Å². The van der Waals surface area contributed by atoms with Crippen molar-refractivity contribution in [2.45, 2.75) is 66.2 Å². The number of unbranched alkanes of at least 4 members (excludes halogenated alkanes) is 1. The van der Waals surface area contributed by atoms with E-state index in [1.165, 1.54) is 38.5 Å². The van der Waals surface area contributed by atoms with Crippen molar-refractivity contribution in [3.8, 4) is 0 Å². The molecule has 0 aromatic heterocycles. The standard InChI is InChI=1S/C20H46N4.4ClH/c1-19(2)9-17-23-15-7-13-21-11-5-6-12-22-14-8-16-24-18-10-20(3)4;;;;/h19-24H,5-18H2,1-4H3;4*1H. The van der Waals surface area contributed by atoms with Gasteiger partial charge in [0, 0.05) is 0 Å². The topological polar surface area (TPSA) is 48.1 Å². The summed E-state index contributed by atoms with van der Waals surface area (Å²) in [6.45, 7) is 18.3. The number of hydrogen-bond acceptors (Lipinski definition) is 4. The average Bonchev–Trinajstić information content (AvgIpc) is 2.53. The normalized spacial score (nSPS) is 10.1. The lowest BCUT2D eigenvalue weighted by atomic mass is 10.1. The van der Waals surface area contributed by atoms with Gasteiger partial charge in [-0.3, -0.25) is 0 Å². The van der Waals surface area contributed by atoms with Crippen LogP contribution < -0.4 is 21.3 Å². The molecule has 28 heavy (non-hydrogen) atoms. The maximum Gasteiger partial charge on any atom is -0.00368 e. The zero-order valence-corrected chi connectivity index (χ0v) is 22.0. The van der Waals surface area contributed by atoms with Gasteiger partial charge in [0.15, 0.2) is 0 Å². The second-order valence-electron chi connectivity index (χ2n) is 7.78. The highest BCUT2D eigenvalue weighted by Gasteiger charge is 1.95. The summed E-state index contributed by atoms with van der Waals surface area (Å²) in [6.07, 6.45) is 7.60. The fourth-order valence-electron chi connectivity index (χ4n) is 2.46. The van der Waals surface area contributed by atoms with Gasteiger partial charge < -0.3 is 21.3 Å². The van der Waals surface area contributed by atoms with Crippen LogP contribution in [0.2, 0.25) is 0 Å². The third-order valence-electron chi connectivity index (χ3n) is 4.17. The van der Waals surface area contributed by atoms with Crippen LogP contribution in [0.4, 0.5) is 0 Å². The van der Waals surface area contributed by atoms with Gasteiger partial charge in [-0.1, -0.05) is 27.7 Å². The minimum atomic E-state index is 0. The third-order valence-corrected chi connectivity index (χ3v) is 4.17. The summed E-state index contributed by atoms with van der Waals surface area (Å²) in [7, 11) is 0. The monoisotopic (exact) mass is 486 g/mol. The second-order valence-corrected chi connectivity index (χ2v) is 7.78. The molecular formula is C20H50Cl4N4. The van der Waals surface area contributed by atoms with Gasteiger partial charge in [-0.15, -0.1) is 49.6 Å². The molecule has 0 saturated heterocycles. The number of rotatable bonds is 19. The highest BCUT2D eigenvalue weighted by atomic mass is 35.5. The van der Waals surface area contributed by atoms with Gasteiger partial charge in [0.25, 0.3) is 0 Å². The molecule has 0 bridgehead atoms. The Morgan fingerprint density at radius 3 is 0.929 bits per heavy atom. The minimum Gasteiger partial charge on any atom is -0.317 e. The van der Waals surface area contributed by atoms with Crippen molar-refractivity contribution in [2.24, 2.45) is 11.8 Å². The van der Waals surface area contributed by atoms with Gasteiger partial charge in [0.2, 0.25) is 0 Å². The van der Waals surface area contributed by atoms with E-state index in [2.05, 4.69) is 49.0 Å². The highest BCUT2D eigenvalue weighted by Crippen LogP contribution is 1.96. The van der Waals surface area contributed by atoms with Gasteiger partial charge >= 0.3 is 0 Å². The van der Waals surface area contributed by atoms with Crippen LogP contribution in [0, 0.1) is 11.8 Å². The molecule has 4 N–H and O–H groups in total. The van der Waals surface area contributed by atoms with Crippen molar-refractivity contribution < 1.29 is 0 Å². The molecule has 0 aromatic rings. The van der Waals surface area contributed by atoms with Gasteiger partial charge in [-0.25, -0.2) is 0 Å².